The highest BCUT2D eigenvalue weighted by atomic mass is 16.5. The fourth-order valence-electron chi connectivity index (χ4n) is 1.46. The molecule has 0 N–H and O–H groups in total. The minimum atomic E-state index is -0.373. The van der Waals surface area contributed by atoms with E-state index in [0.717, 1.165) is 12.8 Å². The number of ether oxygens (including phenoxy) is 3. The summed E-state index contributed by atoms with van der Waals surface area (Å²) in [5, 5.41) is 0. The highest BCUT2D eigenvalue weighted by Gasteiger charge is 2.17. The lowest BCUT2D eigenvalue weighted by atomic mass is 10.2. The Labute approximate surface area is 108 Å². The van der Waals surface area contributed by atoms with Crippen LogP contribution in [0.25, 0.3) is 0 Å². The third-order valence-electron chi connectivity index (χ3n) is 2.31. The van der Waals surface area contributed by atoms with Crippen LogP contribution in [0.3, 0.4) is 0 Å². The molecule has 0 aliphatic carbocycles. The van der Waals surface area contributed by atoms with E-state index in [0.29, 0.717) is 30.3 Å². The minimum absolute atomic E-state index is 0.373. The van der Waals surface area contributed by atoms with Crippen LogP contribution >= 0.6 is 0 Å². The first kappa shape index (κ1) is 14.4. The molecular weight excluding hydrogens is 232 g/mol. The van der Waals surface area contributed by atoms with Gasteiger partial charge in [-0.15, -0.1) is 0 Å². The second-order valence-corrected chi connectivity index (χ2v) is 3.82. The zero-order valence-corrected chi connectivity index (χ0v) is 11.2. The number of hydrogen-bond acceptors (Lipinski definition) is 4. The van der Waals surface area contributed by atoms with Gasteiger partial charge in [-0.1, -0.05) is 19.9 Å². The SMILES string of the molecule is CCCOC(=O)c1cccc(OC)c1OCCC. The fourth-order valence-corrected chi connectivity index (χ4v) is 1.46. The van der Waals surface area contributed by atoms with Crippen LogP contribution < -0.4 is 9.47 Å². The molecule has 0 bridgehead atoms. The van der Waals surface area contributed by atoms with E-state index in [1.165, 1.54) is 0 Å². The van der Waals surface area contributed by atoms with Crippen LogP contribution in [0.5, 0.6) is 11.5 Å². The summed E-state index contributed by atoms with van der Waals surface area (Å²) in [5.41, 5.74) is 0.413. The van der Waals surface area contributed by atoms with E-state index in [9.17, 15) is 4.79 Å². The Bertz CT molecular complexity index is 387. The van der Waals surface area contributed by atoms with Crippen molar-refractivity contribution < 1.29 is 19.0 Å². The maximum Gasteiger partial charge on any atom is 0.342 e. The Morgan fingerprint density at radius 1 is 1.17 bits per heavy atom. The Kier molecular flexibility index (Phi) is 6.05. The summed E-state index contributed by atoms with van der Waals surface area (Å²) in [6.45, 7) is 4.90. The van der Waals surface area contributed by atoms with Crippen molar-refractivity contribution in [3.05, 3.63) is 23.8 Å². The third kappa shape index (κ3) is 3.65. The lowest BCUT2D eigenvalue weighted by Gasteiger charge is -2.13. The van der Waals surface area contributed by atoms with Gasteiger partial charge in [-0.25, -0.2) is 4.79 Å². The molecule has 0 aliphatic heterocycles. The van der Waals surface area contributed by atoms with Crippen LogP contribution in [0.2, 0.25) is 0 Å². The Morgan fingerprint density at radius 2 is 1.89 bits per heavy atom. The van der Waals surface area contributed by atoms with Crippen molar-refractivity contribution in [3.8, 4) is 11.5 Å². The summed E-state index contributed by atoms with van der Waals surface area (Å²) in [4.78, 5) is 11.9. The van der Waals surface area contributed by atoms with E-state index in [2.05, 4.69) is 0 Å². The molecule has 0 radical (unpaired) electrons. The molecule has 1 aromatic carbocycles. The van der Waals surface area contributed by atoms with Crippen LogP contribution in [0, 0.1) is 0 Å². The number of esters is 1. The molecule has 0 aliphatic rings. The average molecular weight is 252 g/mol. The fraction of sp³-hybridized carbons (Fsp3) is 0.500. The molecule has 0 atom stereocenters. The standard InChI is InChI=1S/C14H20O4/c1-4-9-17-13-11(14(15)18-10-5-2)7-6-8-12(13)16-3/h6-8H,4-5,9-10H2,1-3H3. The van der Waals surface area contributed by atoms with Gasteiger partial charge in [0.15, 0.2) is 11.5 Å². The predicted octanol–water partition coefficient (Wildman–Crippen LogP) is 3.05. The van der Waals surface area contributed by atoms with Crippen LogP contribution in [-0.2, 0) is 4.74 Å². The highest BCUT2D eigenvalue weighted by molar-refractivity contribution is 5.93. The van der Waals surface area contributed by atoms with Gasteiger partial charge in [-0.3, -0.25) is 0 Å². The van der Waals surface area contributed by atoms with Crippen molar-refractivity contribution in [3.63, 3.8) is 0 Å². The smallest absolute Gasteiger partial charge is 0.342 e. The molecule has 0 heterocycles. The van der Waals surface area contributed by atoms with Crippen LogP contribution in [-0.4, -0.2) is 26.3 Å². The first-order chi connectivity index (χ1) is 8.74. The van der Waals surface area contributed by atoms with Crippen LogP contribution in [0.4, 0.5) is 0 Å². The molecule has 0 saturated carbocycles. The number of hydrogen-bond donors (Lipinski definition) is 0. The van der Waals surface area contributed by atoms with Gasteiger partial charge in [-0.2, -0.15) is 0 Å². The summed E-state index contributed by atoms with van der Waals surface area (Å²) < 4.78 is 15.9. The maximum atomic E-state index is 11.9. The molecule has 0 amide bonds. The van der Waals surface area contributed by atoms with Crippen molar-refractivity contribution in [1.29, 1.82) is 0 Å². The van der Waals surface area contributed by atoms with Crippen molar-refractivity contribution in [1.82, 2.24) is 0 Å². The number of carbonyl (C=O) groups excluding carboxylic acids is 1. The van der Waals surface area contributed by atoms with E-state index in [-0.39, 0.29) is 5.97 Å². The zero-order valence-electron chi connectivity index (χ0n) is 11.2. The molecule has 4 nitrogen and oxygen atoms in total. The van der Waals surface area contributed by atoms with E-state index < -0.39 is 0 Å². The quantitative estimate of drug-likeness (QED) is 0.700. The van der Waals surface area contributed by atoms with E-state index in [1.807, 2.05) is 13.8 Å². The molecule has 0 spiro atoms. The predicted molar refractivity (Wildman–Crippen MR) is 69.4 cm³/mol. The molecule has 18 heavy (non-hydrogen) atoms. The van der Waals surface area contributed by atoms with Crippen molar-refractivity contribution in [2.75, 3.05) is 20.3 Å². The van der Waals surface area contributed by atoms with Crippen LogP contribution in [0.1, 0.15) is 37.0 Å². The number of methoxy groups -OCH3 is 1. The van der Waals surface area contributed by atoms with Gasteiger partial charge in [0.05, 0.1) is 20.3 Å². The second kappa shape index (κ2) is 7.58. The van der Waals surface area contributed by atoms with Crippen molar-refractivity contribution >= 4 is 5.97 Å². The van der Waals surface area contributed by atoms with Gasteiger partial charge in [0.2, 0.25) is 0 Å². The minimum Gasteiger partial charge on any atom is -0.493 e. The molecular formula is C14H20O4. The Balaban J connectivity index is 2.97. The first-order valence-corrected chi connectivity index (χ1v) is 6.21. The van der Waals surface area contributed by atoms with Crippen molar-refractivity contribution in [2.45, 2.75) is 26.7 Å². The third-order valence-corrected chi connectivity index (χ3v) is 2.31. The van der Waals surface area contributed by atoms with Gasteiger partial charge in [0.1, 0.15) is 5.56 Å². The summed E-state index contributed by atoms with van der Waals surface area (Å²) in [7, 11) is 1.55. The van der Waals surface area contributed by atoms with Gasteiger partial charge < -0.3 is 14.2 Å². The number of para-hydroxylation sites is 1. The van der Waals surface area contributed by atoms with E-state index in [4.69, 9.17) is 14.2 Å². The first-order valence-electron chi connectivity index (χ1n) is 6.21. The van der Waals surface area contributed by atoms with Crippen molar-refractivity contribution in [2.24, 2.45) is 0 Å². The van der Waals surface area contributed by atoms with E-state index >= 15 is 0 Å². The van der Waals surface area contributed by atoms with Gasteiger partial charge >= 0.3 is 5.97 Å². The topological polar surface area (TPSA) is 44.8 Å². The number of rotatable bonds is 7. The molecule has 0 unspecified atom stereocenters. The molecule has 0 fully saturated rings. The monoisotopic (exact) mass is 252 g/mol. The molecule has 1 aromatic rings. The van der Waals surface area contributed by atoms with Gasteiger partial charge in [0, 0.05) is 0 Å². The van der Waals surface area contributed by atoms with Gasteiger partial charge in [0.25, 0.3) is 0 Å². The molecule has 0 aromatic heterocycles. The maximum absolute atomic E-state index is 11.9. The highest BCUT2D eigenvalue weighted by Crippen LogP contribution is 2.31. The molecule has 100 valence electrons. The summed E-state index contributed by atoms with van der Waals surface area (Å²) in [5.74, 6) is 0.638. The molecule has 0 saturated heterocycles. The summed E-state index contributed by atoms with van der Waals surface area (Å²) in [6.07, 6.45) is 1.66. The summed E-state index contributed by atoms with van der Waals surface area (Å²) >= 11 is 0. The lowest BCUT2D eigenvalue weighted by Crippen LogP contribution is -2.10. The number of carbonyl (C=O) groups is 1. The lowest BCUT2D eigenvalue weighted by molar-refractivity contribution is 0.0499. The Morgan fingerprint density at radius 3 is 2.50 bits per heavy atom. The normalized spacial score (nSPS) is 9.94. The van der Waals surface area contributed by atoms with Gasteiger partial charge in [-0.05, 0) is 25.0 Å². The number of benzene rings is 1. The zero-order chi connectivity index (χ0) is 13.4. The molecule has 4 heteroatoms. The summed E-state index contributed by atoms with van der Waals surface area (Å²) in [6, 6.07) is 5.20. The average Bonchev–Trinajstić information content (AvgIpc) is 2.41. The van der Waals surface area contributed by atoms with Crippen LogP contribution in [0.15, 0.2) is 18.2 Å². The largest absolute Gasteiger partial charge is 0.493 e. The Hall–Kier alpha value is -1.71. The molecule has 1 rings (SSSR count). The van der Waals surface area contributed by atoms with E-state index in [1.54, 1.807) is 25.3 Å². The second-order valence-electron chi connectivity index (χ2n) is 3.82.